The van der Waals surface area contributed by atoms with Crippen LogP contribution in [0.25, 0.3) is 0 Å². The first-order valence-electron chi connectivity index (χ1n) is 12.7. The molecule has 0 saturated carbocycles. The lowest BCUT2D eigenvalue weighted by Gasteiger charge is -2.48. The van der Waals surface area contributed by atoms with Crippen LogP contribution in [0.5, 0.6) is 0 Å². The van der Waals surface area contributed by atoms with Crippen LogP contribution < -0.4 is 0 Å². The Morgan fingerprint density at radius 3 is 2.42 bits per heavy atom. The number of benzene rings is 2. The molecule has 0 radical (unpaired) electrons. The van der Waals surface area contributed by atoms with Gasteiger partial charge in [0.2, 0.25) is 10.0 Å². The molecule has 2 heterocycles. The quantitative estimate of drug-likeness (QED) is 0.442. The van der Waals surface area contributed by atoms with Crippen LogP contribution in [-0.4, -0.2) is 65.1 Å². The number of halogens is 2. The van der Waals surface area contributed by atoms with Crippen molar-refractivity contribution in [3.63, 3.8) is 0 Å². The monoisotopic (exact) mass is 582 g/mol. The Labute approximate surface area is 233 Å². The molecule has 4 rings (SSSR count). The summed E-state index contributed by atoms with van der Waals surface area (Å²) in [5.41, 5.74) is 1.34. The number of amides is 1. The third kappa shape index (κ3) is 6.18. The summed E-state index contributed by atoms with van der Waals surface area (Å²) in [6, 6.07) is 12.4. The van der Waals surface area contributed by atoms with Gasteiger partial charge in [0.05, 0.1) is 18.2 Å². The maximum absolute atomic E-state index is 13.9. The molecule has 5 unspecified atom stereocenters. The highest BCUT2D eigenvalue weighted by Crippen LogP contribution is 2.45. The summed E-state index contributed by atoms with van der Waals surface area (Å²) in [7, 11) is -3.69. The van der Waals surface area contributed by atoms with E-state index < -0.39 is 52.6 Å². The van der Waals surface area contributed by atoms with Crippen LogP contribution in [0.3, 0.4) is 0 Å². The first-order valence-corrected chi connectivity index (χ1v) is 15.1. The molecule has 2 aromatic carbocycles. The molecule has 2 aliphatic rings. The third-order valence-electron chi connectivity index (χ3n) is 7.29. The van der Waals surface area contributed by atoms with Crippen molar-refractivity contribution in [1.82, 2.24) is 9.21 Å². The van der Waals surface area contributed by atoms with Crippen LogP contribution in [0, 0.1) is 0 Å². The smallest absolute Gasteiger partial charge is 0.306 e. The second-order valence-electron chi connectivity index (χ2n) is 9.88. The Morgan fingerprint density at radius 2 is 1.84 bits per heavy atom. The van der Waals surface area contributed by atoms with Crippen LogP contribution in [-0.2, 0) is 24.3 Å². The van der Waals surface area contributed by atoms with E-state index in [4.69, 9.17) is 27.9 Å². The number of sulfonamides is 1. The lowest BCUT2D eigenvalue weighted by atomic mass is 9.89. The van der Waals surface area contributed by atoms with Gasteiger partial charge in [0, 0.05) is 28.7 Å². The number of hydrogen-bond donors (Lipinski definition) is 1. The standard InChI is InChI=1S/C27H32Cl2N2O6S/c1-3-22(16-38(35,36)30-13-5-6-17(30)2)31-25(18-9-11-20(28)12-10-18)26(19-7-4-8-21(29)14-19)37-23(27(31)34)15-24(32)33/h4,7-12,14,17,22-23,25-26H,3,5-6,13,15-16H2,1-2H3,(H,32,33). The summed E-state index contributed by atoms with van der Waals surface area (Å²) in [6.07, 6.45) is -0.705. The van der Waals surface area contributed by atoms with Crippen LogP contribution in [0.1, 0.15) is 62.8 Å². The van der Waals surface area contributed by atoms with E-state index in [2.05, 4.69) is 0 Å². The molecule has 38 heavy (non-hydrogen) atoms. The molecule has 1 N–H and O–H groups in total. The Morgan fingerprint density at radius 1 is 1.13 bits per heavy atom. The van der Waals surface area contributed by atoms with Crippen molar-refractivity contribution in [1.29, 1.82) is 0 Å². The largest absolute Gasteiger partial charge is 0.481 e. The summed E-state index contributed by atoms with van der Waals surface area (Å²) in [5.74, 6) is -2.02. The fraction of sp³-hybridized carbons (Fsp3) is 0.481. The number of aliphatic carboxylic acids is 1. The second kappa shape index (κ2) is 11.9. The average Bonchev–Trinajstić information content (AvgIpc) is 3.31. The van der Waals surface area contributed by atoms with Crippen molar-refractivity contribution in [2.24, 2.45) is 0 Å². The molecule has 0 aliphatic carbocycles. The zero-order valence-electron chi connectivity index (χ0n) is 21.3. The molecule has 5 atom stereocenters. The van der Waals surface area contributed by atoms with E-state index in [1.807, 2.05) is 13.8 Å². The van der Waals surface area contributed by atoms with Gasteiger partial charge in [0.25, 0.3) is 5.91 Å². The minimum absolute atomic E-state index is 0.107. The molecule has 11 heteroatoms. The fourth-order valence-electron chi connectivity index (χ4n) is 5.45. The number of nitrogens with zero attached hydrogens (tertiary/aromatic N) is 2. The number of carboxylic acids is 1. The highest BCUT2D eigenvalue weighted by molar-refractivity contribution is 7.89. The summed E-state index contributed by atoms with van der Waals surface area (Å²) in [5, 5.41) is 10.5. The van der Waals surface area contributed by atoms with Gasteiger partial charge in [0.1, 0.15) is 12.2 Å². The minimum atomic E-state index is -3.69. The van der Waals surface area contributed by atoms with Crippen molar-refractivity contribution in [3.05, 3.63) is 69.7 Å². The first kappa shape index (κ1) is 28.8. The highest BCUT2D eigenvalue weighted by atomic mass is 35.5. The van der Waals surface area contributed by atoms with E-state index in [0.29, 0.717) is 34.1 Å². The van der Waals surface area contributed by atoms with E-state index in [9.17, 15) is 23.1 Å². The third-order valence-corrected chi connectivity index (χ3v) is 9.84. The molecule has 0 spiro atoms. The lowest BCUT2D eigenvalue weighted by Crippen LogP contribution is -2.57. The number of carbonyl (C=O) groups is 2. The molecule has 2 fully saturated rings. The molecule has 1 amide bonds. The fourth-order valence-corrected chi connectivity index (χ4v) is 7.91. The number of carbonyl (C=O) groups excluding carboxylic acids is 1. The first-order chi connectivity index (χ1) is 18.0. The van der Waals surface area contributed by atoms with Crippen molar-refractivity contribution < 1.29 is 27.9 Å². The van der Waals surface area contributed by atoms with Crippen molar-refractivity contribution >= 4 is 45.1 Å². The van der Waals surface area contributed by atoms with E-state index in [1.165, 1.54) is 9.21 Å². The summed E-state index contributed by atoms with van der Waals surface area (Å²) in [4.78, 5) is 27.1. The van der Waals surface area contributed by atoms with Crippen LogP contribution in [0.4, 0.5) is 0 Å². The zero-order chi connectivity index (χ0) is 27.6. The predicted molar refractivity (Wildman–Crippen MR) is 146 cm³/mol. The topological polar surface area (TPSA) is 104 Å². The molecular weight excluding hydrogens is 551 g/mol. The number of rotatable bonds is 9. The van der Waals surface area contributed by atoms with E-state index in [1.54, 1.807) is 48.5 Å². The Kier molecular flexibility index (Phi) is 9.04. The Hall–Kier alpha value is -2.17. The van der Waals surface area contributed by atoms with Gasteiger partial charge in [-0.05, 0) is 61.6 Å². The van der Waals surface area contributed by atoms with Crippen LogP contribution >= 0.6 is 23.2 Å². The number of ether oxygens (including phenoxy) is 1. The Bertz CT molecular complexity index is 1270. The van der Waals surface area contributed by atoms with Crippen molar-refractivity contribution in [2.75, 3.05) is 12.3 Å². The number of carboxylic acid groups (broad SMARTS) is 1. The van der Waals surface area contributed by atoms with Crippen molar-refractivity contribution in [3.8, 4) is 0 Å². The van der Waals surface area contributed by atoms with Gasteiger partial charge in [-0.3, -0.25) is 9.59 Å². The van der Waals surface area contributed by atoms with Crippen LogP contribution in [0.15, 0.2) is 48.5 Å². The van der Waals surface area contributed by atoms with Gasteiger partial charge < -0.3 is 14.7 Å². The van der Waals surface area contributed by atoms with Gasteiger partial charge in [-0.2, -0.15) is 4.31 Å². The second-order valence-corrected chi connectivity index (χ2v) is 12.7. The number of hydrogen-bond acceptors (Lipinski definition) is 5. The van der Waals surface area contributed by atoms with Crippen LogP contribution in [0.2, 0.25) is 10.0 Å². The zero-order valence-corrected chi connectivity index (χ0v) is 23.6. The van der Waals surface area contributed by atoms with Gasteiger partial charge >= 0.3 is 5.97 Å². The molecule has 0 bridgehead atoms. The molecule has 206 valence electrons. The predicted octanol–water partition coefficient (Wildman–Crippen LogP) is 5.07. The van der Waals surface area contributed by atoms with E-state index in [0.717, 1.165) is 12.8 Å². The molecular formula is C27H32Cl2N2O6S. The van der Waals surface area contributed by atoms with E-state index in [-0.39, 0.29) is 11.8 Å². The maximum atomic E-state index is 13.9. The highest BCUT2D eigenvalue weighted by Gasteiger charge is 2.48. The van der Waals surface area contributed by atoms with Gasteiger partial charge in [-0.15, -0.1) is 0 Å². The molecule has 0 aromatic heterocycles. The summed E-state index contributed by atoms with van der Waals surface area (Å²) >= 11 is 12.4. The number of morpholine rings is 1. The summed E-state index contributed by atoms with van der Waals surface area (Å²) < 4.78 is 34.8. The molecule has 2 aromatic rings. The molecule has 8 nitrogen and oxygen atoms in total. The van der Waals surface area contributed by atoms with Gasteiger partial charge in [-0.1, -0.05) is 54.4 Å². The molecule has 2 aliphatic heterocycles. The minimum Gasteiger partial charge on any atom is -0.481 e. The van der Waals surface area contributed by atoms with Crippen molar-refractivity contribution in [2.45, 2.75) is 69.9 Å². The Balaban J connectivity index is 1.83. The SMILES string of the molecule is CCC(CS(=O)(=O)N1CCCC1C)N1C(=O)C(CC(=O)O)OC(c2cccc(Cl)c2)C1c1ccc(Cl)cc1. The lowest BCUT2D eigenvalue weighted by molar-refractivity contribution is -0.182. The van der Waals surface area contributed by atoms with Gasteiger partial charge in [0.15, 0.2) is 0 Å². The normalized spacial score (nSPS) is 25.5. The molecule has 2 saturated heterocycles. The maximum Gasteiger partial charge on any atom is 0.306 e. The summed E-state index contributed by atoms with van der Waals surface area (Å²) in [6.45, 7) is 4.17. The van der Waals surface area contributed by atoms with Gasteiger partial charge in [-0.25, -0.2) is 8.42 Å². The van der Waals surface area contributed by atoms with E-state index >= 15 is 0 Å². The average molecular weight is 584 g/mol.